The Bertz CT molecular complexity index is 585. The summed E-state index contributed by atoms with van der Waals surface area (Å²) in [5.41, 5.74) is 1.66. The number of alkyl halides is 3. The molecular weight excluding hydrogens is 349 g/mol. The molecule has 112 valence electrons. The molecule has 1 aromatic carbocycles. The topological polar surface area (TPSA) is 34.2 Å². The van der Waals surface area contributed by atoms with Crippen molar-refractivity contribution < 1.29 is 17.9 Å². The lowest BCUT2D eigenvalue weighted by Crippen LogP contribution is -2.17. The van der Waals surface area contributed by atoms with E-state index in [2.05, 4.69) is 31.0 Å². The molecule has 1 heterocycles. The number of aromatic nitrogens is 1. The number of halogens is 4. The average Bonchev–Trinajstić information content (AvgIpc) is 2.40. The third-order valence-electron chi connectivity index (χ3n) is 2.72. The molecule has 0 aliphatic heterocycles. The van der Waals surface area contributed by atoms with E-state index in [1.54, 1.807) is 24.4 Å². The Morgan fingerprint density at radius 3 is 2.33 bits per heavy atom. The molecule has 0 radical (unpaired) electrons. The summed E-state index contributed by atoms with van der Waals surface area (Å²) in [6.45, 7) is 1.90. The van der Waals surface area contributed by atoms with E-state index in [-0.39, 0.29) is 11.8 Å². The minimum absolute atomic E-state index is 0.0760. The molecule has 3 nitrogen and oxygen atoms in total. The number of benzene rings is 1. The van der Waals surface area contributed by atoms with Crippen LogP contribution in [0.15, 0.2) is 47.2 Å². The standard InChI is InChI=1S/C14H12BrF3N2O/c1-9(20-11-4-7-13(15)19-8-11)10-2-5-12(6-3-10)21-14(16,17)18/h2-9,20H,1H3. The third kappa shape index (κ3) is 4.93. The fourth-order valence-electron chi connectivity index (χ4n) is 1.75. The number of rotatable bonds is 4. The molecule has 0 aliphatic carbocycles. The van der Waals surface area contributed by atoms with E-state index >= 15 is 0 Å². The Morgan fingerprint density at radius 2 is 1.81 bits per heavy atom. The van der Waals surface area contributed by atoms with Gasteiger partial charge in [0.25, 0.3) is 0 Å². The van der Waals surface area contributed by atoms with Crippen molar-refractivity contribution in [3.05, 3.63) is 52.8 Å². The summed E-state index contributed by atoms with van der Waals surface area (Å²) in [4.78, 5) is 4.09. The maximum atomic E-state index is 12.1. The van der Waals surface area contributed by atoms with Gasteiger partial charge >= 0.3 is 6.36 Å². The maximum Gasteiger partial charge on any atom is 0.573 e. The van der Waals surface area contributed by atoms with E-state index in [0.29, 0.717) is 0 Å². The highest BCUT2D eigenvalue weighted by Crippen LogP contribution is 2.25. The van der Waals surface area contributed by atoms with Gasteiger partial charge in [-0.2, -0.15) is 0 Å². The highest BCUT2D eigenvalue weighted by atomic mass is 79.9. The summed E-state index contributed by atoms with van der Waals surface area (Å²) in [5.74, 6) is -0.233. The van der Waals surface area contributed by atoms with E-state index in [0.717, 1.165) is 15.9 Å². The molecule has 2 aromatic rings. The van der Waals surface area contributed by atoms with E-state index in [1.807, 2.05) is 13.0 Å². The summed E-state index contributed by atoms with van der Waals surface area (Å²) < 4.78 is 40.8. The molecule has 0 bridgehead atoms. The first-order valence-corrected chi connectivity index (χ1v) is 6.86. The second-order valence-electron chi connectivity index (χ2n) is 4.35. The van der Waals surface area contributed by atoms with Crippen LogP contribution in [0, 0.1) is 0 Å². The van der Waals surface area contributed by atoms with Crippen LogP contribution in [0.1, 0.15) is 18.5 Å². The van der Waals surface area contributed by atoms with Crippen LogP contribution < -0.4 is 10.1 Å². The molecule has 1 atom stereocenters. The number of pyridine rings is 1. The SMILES string of the molecule is CC(Nc1ccc(Br)nc1)c1ccc(OC(F)(F)F)cc1. The van der Waals surface area contributed by atoms with Crippen LogP contribution in [0.25, 0.3) is 0 Å². The molecule has 7 heteroatoms. The molecule has 0 saturated heterocycles. The van der Waals surface area contributed by atoms with Gasteiger partial charge in [-0.3, -0.25) is 0 Å². The van der Waals surface area contributed by atoms with Crippen LogP contribution >= 0.6 is 15.9 Å². The van der Waals surface area contributed by atoms with Gasteiger partial charge < -0.3 is 10.1 Å². The van der Waals surface area contributed by atoms with Gasteiger partial charge in [0.15, 0.2) is 0 Å². The van der Waals surface area contributed by atoms with Crippen LogP contribution in [0.2, 0.25) is 0 Å². The Morgan fingerprint density at radius 1 is 1.14 bits per heavy atom. The van der Waals surface area contributed by atoms with Crippen molar-refractivity contribution in [2.75, 3.05) is 5.32 Å². The normalized spacial score (nSPS) is 12.8. The van der Waals surface area contributed by atoms with Crippen molar-refractivity contribution >= 4 is 21.6 Å². The monoisotopic (exact) mass is 360 g/mol. The fraction of sp³-hybridized carbons (Fsp3) is 0.214. The lowest BCUT2D eigenvalue weighted by Gasteiger charge is -2.16. The third-order valence-corrected chi connectivity index (χ3v) is 3.19. The van der Waals surface area contributed by atoms with Crippen LogP contribution in [-0.2, 0) is 0 Å². The highest BCUT2D eigenvalue weighted by molar-refractivity contribution is 9.10. The predicted molar refractivity (Wildman–Crippen MR) is 77.1 cm³/mol. The molecule has 2 rings (SSSR count). The summed E-state index contributed by atoms with van der Waals surface area (Å²) in [7, 11) is 0. The summed E-state index contributed by atoms with van der Waals surface area (Å²) >= 11 is 3.24. The van der Waals surface area contributed by atoms with Crippen molar-refractivity contribution in [1.29, 1.82) is 0 Å². The molecular formula is C14H12BrF3N2O. The van der Waals surface area contributed by atoms with Crippen LogP contribution in [0.4, 0.5) is 18.9 Å². The summed E-state index contributed by atoms with van der Waals surface area (Å²) in [6.07, 6.45) is -3.00. The molecule has 1 N–H and O–H groups in total. The van der Waals surface area contributed by atoms with E-state index < -0.39 is 6.36 Å². The van der Waals surface area contributed by atoms with Gasteiger partial charge in [0.05, 0.1) is 11.9 Å². The van der Waals surface area contributed by atoms with Crippen LogP contribution in [-0.4, -0.2) is 11.3 Å². The number of hydrogen-bond donors (Lipinski definition) is 1. The van der Waals surface area contributed by atoms with Crippen molar-refractivity contribution in [1.82, 2.24) is 4.98 Å². The van der Waals surface area contributed by atoms with Crippen molar-refractivity contribution in [3.63, 3.8) is 0 Å². The second-order valence-corrected chi connectivity index (χ2v) is 5.16. The first-order valence-electron chi connectivity index (χ1n) is 6.07. The molecule has 0 aliphatic rings. The number of nitrogens with zero attached hydrogens (tertiary/aromatic N) is 1. The van der Waals surface area contributed by atoms with Gasteiger partial charge in [-0.25, -0.2) is 4.98 Å². The van der Waals surface area contributed by atoms with Crippen molar-refractivity contribution in [3.8, 4) is 5.75 Å². The molecule has 0 saturated carbocycles. The Labute approximate surface area is 128 Å². The van der Waals surface area contributed by atoms with Gasteiger partial charge in [-0.15, -0.1) is 13.2 Å². The van der Waals surface area contributed by atoms with Gasteiger partial charge in [0.1, 0.15) is 10.4 Å². The number of hydrogen-bond acceptors (Lipinski definition) is 3. The zero-order chi connectivity index (χ0) is 15.5. The molecule has 0 amide bonds. The Balaban J connectivity index is 2.02. The average molecular weight is 361 g/mol. The van der Waals surface area contributed by atoms with E-state index in [9.17, 15) is 13.2 Å². The Hall–Kier alpha value is -1.76. The fourth-order valence-corrected chi connectivity index (χ4v) is 1.99. The second kappa shape index (κ2) is 6.34. The largest absolute Gasteiger partial charge is 0.573 e. The van der Waals surface area contributed by atoms with Crippen molar-refractivity contribution in [2.45, 2.75) is 19.3 Å². The molecule has 21 heavy (non-hydrogen) atoms. The minimum Gasteiger partial charge on any atom is -0.406 e. The zero-order valence-corrected chi connectivity index (χ0v) is 12.6. The highest BCUT2D eigenvalue weighted by Gasteiger charge is 2.30. The van der Waals surface area contributed by atoms with Gasteiger partial charge in [0.2, 0.25) is 0 Å². The predicted octanol–water partition coefficient (Wildman–Crippen LogP) is 4.92. The number of anilines is 1. The zero-order valence-electron chi connectivity index (χ0n) is 11.0. The van der Waals surface area contributed by atoms with Crippen molar-refractivity contribution in [2.24, 2.45) is 0 Å². The van der Waals surface area contributed by atoms with Crippen LogP contribution in [0.5, 0.6) is 5.75 Å². The summed E-state index contributed by atoms with van der Waals surface area (Å²) in [6, 6.07) is 9.34. The molecule has 0 spiro atoms. The lowest BCUT2D eigenvalue weighted by atomic mass is 10.1. The smallest absolute Gasteiger partial charge is 0.406 e. The summed E-state index contributed by atoms with van der Waals surface area (Å²) in [5, 5.41) is 3.21. The quantitative estimate of drug-likeness (QED) is 0.786. The Kier molecular flexibility index (Phi) is 4.72. The maximum absolute atomic E-state index is 12.1. The molecule has 1 aromatic heterocycles. The molecule has 0 fully saturated rings. The van der Waals surface area contributed by atoms with Gasteiger partial charge in [-0.1, -0.05) is 12.1 Å². The molecule has 1 unspecified atom stereocenters. The first-order chi connectivity index (χ1) is 9.83. The number of nitrogens with one attached hydrogen (secondary N) is 1. The van der Waals surface area contributed by atoms with Gasteiger partial charge in [-0.05, 0) is 52.7 Å². The lowest BCUT2D eigenvalue weighted by molar-refractivity contribution is -0.274. The van der Waals surface area contributed by atoms with E-state index in [4.69, 9.17) is 0 Å². The first kappa shape index (κ1) is 15.6. The van der Waals surface area contributed by atoms with Crippen LogP contribution in [0.3, 0.4) is 0 Å². The van der Waals surface area contributed by atoms with E-state index in [1.165, 1.54) is 12.1 Å². The minimum atomic E-state index is -4.67. The number of ether oxygens (including phenoxy) is 1. The van der Waals surface area contributed by atoms with Gasteiger partial charge in [0, 0.05) is 6.04 Å².